The van der Waals surface area contributed by atoms with Crippen LogP contribution < -0.4 is 5.32 Å². The van der Waals surface area contributed by atoms with Gasteiger partial charge in [0.25, 0.3) is 0 Å². The zero-order valence-corrected chi connectivity index (χ0v) is 11.6. The van der Waals surface area contributed by atoms with Crippen LogP contribution in [0.2, 0.25) is 0 Å². The number of rotatable bonds is 6. The minimum Gasteiger partial charge on any atom is -0.481 e. The molecule has 6 nitrogen and oxygen atoms in total. The summed E-state index contributed by atoms with van der Waals surface area (Å²) >= 11 is 0. The molecule has 0 amide bonds. The second-order valence-electron chi connectivity index (χ2n) is 4.74. The first-order chi connectivity index (χ1) is 9.56. The summed E-state index contributed by atoms with van der Waals surface area (Å²) in [4.78, 5) is 15.0. The Morgan fingerprint density at radius 1 is 1.35 bits per heavy atom. The molecule has 1 heterocycles. The Hall–Kier alpha value is -2.21. The highest BCUT2D eigenvalue weighted by Crippen LogP contribution is 2.15. The lowest BCUT2D eigenvalue weighted by atomic mass is 10.0. The molecule has 6 heteroatoms. The summed E-state index contributed by atoms with van der Waals surface area (Å²) in [7, 11) is 1.83. The number of benzene rings is 1. The van der Waals surface area contributed by atoms with Gasteiger partial charge < -0.3 is 10.4 Å². The average molecular weight is 274 g/mol. The fourth-order valence-electron chi connectivity index (χ4n) is 1.85. The van der Waals surface area contributed by atoms with E-state index in [1.807, 2.05) is 31.3 Å². The van der Waals surface area contributed by atoms with E-state index < -0.39 is 11.9 Å². The van der Waals surface area contributed by atoms with Crippen molar-refractivity contribution in [1.29, 1.82) is 0 Å². The normalized spacial score (nSPS) is 12.3. The van der Waals surface area contributed by atoms with Crippen molar-refractivity contribution in [3.63, 3.8) is 0 Å². The van der Waals surface area contributed by atoms with Gasteiger partial charge >= 0.3 is 5.97 Å². The van der Waals surface area contributed by atoms with E-state index in [2.05, 4.69) is 15.4 Å². The minimum absolute atomic E-state index is 0.477. The monoisotopic (exact) mass is 274 g/mol. The SMILES string of the molecule is CC(C(=O)O)c1ccc(CNCc2ncn(C)n2)cc1. The summed E-state index contributed by atoms with van der Waals surface area (Å²) in [6.07, 6.45) is 1.67. The molecular formula is C14H18N4O2. The van der Waals surface area contributed by atoms with Crippen LogP contribution in [0, 0.1) is 0 Å². The molecule has 0 aliphatic heterocycles. The molecule has 0 fully saturated rings. The molecule has 1 aromatic heterocycles. The molecule has 20 heavy (non-hydrogen) atoms. The topological polar surface area (TPSA) is 80.0 Å². The Morgan fingerprint density at radius 3 is 2.60 bits per heavy atom. The maximum Gasteiger partial charge on any atom is 0.310 e. The number of aromatic nitrogens is 3. The highest BCUT2D eigenvalue weighted by atomic mass is 16.4. The minimum atomic E-state index is -0.808. The summed E-state index contributed by atoms with van der Waals surface area (Å²) in [5.41, 5.74) is 1.91. The van der Waals surface area contributed by atoms with Crippen molar-refractivity contribution in [3.8, 4) is 0 Å². The summed E-state index contributed by atoms with van der Waals surface area (Å²) in [5, 5.41) is 16.4. The van der Waals surface area contributed by atoms with Crippen molar-refractivity contribution in [2.24, 2.45) is 7.05 Å². The summed E-state index contributed by atoms with van der Waals surface area (Å²) in [5.74, 6) is -0.532. The van der Waals surface area contributed by atoms with E-state index in [4.69, 9.17) is 5.11 Å². The summed E-state index contributed by atoms with van der Waals surface area (Å²) in [6.45, 7) is 2.98. The van der Waals surface area contributed by atoms with E-state index in [-0.39, 0.29) is 0 Å². The third kappa shape index (κ3) is 3.64. The van der Waals surface area contributed by atoms with Gasteiger partial charge in [0.1, 0.15) is 6.33 Å². The molecule has 0 saturated heterocycles. The first-order valence-electron chi connectivity index (χ1n) is 6.43. The van der Waals surface area contributed by atoms with Gasteiger partial charge in [0.05, 0.1) is 12.5 Å². The van der Waals surface area contributed by atoms with Crippen LogP contribution in [0.1, 0.15) is 29.8 Å². The van der Waals surface area contributed by atoms with Crippen LogP contribution in [0.4, 0.5) is 0 Å². The molecule has 2 aromatic rings. The maximum absolute atomic E-state index is 10.9. The molecule has 0 bridgehead atoms. The number of nitrogens with one attached hydrogen (secondary N) is 1. The number of aliphatic carboxylic acids is 1. The molecule has 106 valence electrons. The van der Waals surface area contributed by atoms with Gasteiger partial charge in [0, 0.05) is 13.6 Å². The Morgan fingerprint density at radius 2 is 2.05 bits per heavy atom. The van der Waals surface area contributed by atoms with Gasteiger partial charge in [-0.25, -0.2) is 4.98 Å². The summed E-state index contributed by atoms with van der Waals surface area (Å²) in [6, 6.07) is 7.59. The Labute approximate surface area is 117 Å². The van der Waals surface area contributed by atoms with Crippen LogP contribution in [0.15, 0.2) is 30.6 Å². The molecule has 1 aromatic carbocycles. The van der Waals surface area contributed by atoms with Crippen molar-refractivity contribution in [2.75, 3.05) is 0 Å². The Bertz CT molecular complexity index is 577. The molecular weight excluding hydrogens is 256 g/mol. The molecule has 1 atom stereocenters. The average Bonchev–Trinajstić information content (AvgIpc) is 2.84. The number of hydrogen-bond donors (Lipinski definition) is 2. The lowest BCUT2D eigenvalue weighted by molar-refractivity contribution is -0.138. The molecule has 0 aliphatic rings. The highest BCUT2D eigenvalue weighted by Gasteiger charge is 2.12. The van der Waals surface area contributed by atoms with E-state index in [9.17, 15) is 4.79 Å². The zero-order valence-electron chi connectivity index (χ0n) is 11.6. The van der Waals surface area contributed by atoms with Crippen LogP contribution in [0.5, 0.6) is 0 Å². The van der Waals surface area contributed by atoms with Crippen molar-refractivity contribution in [1.82, 2.24) is 20.1 Å². The van der Waals surface area contributed by atoms with E-state index in [0.29, 0.717) is 13.1 Å². The highest BCUT2D eigenvalue weighted by molar-refractivity contribution is 5.75. The fourth-order valence-corrected chi connectivity index (χ4v) is 1.85. The molecule has 0 radical (unpaired) electrons. The van der Waals surface area contributed by atoms with Crippen LogP contribution in [-0.4, -0.2) is 25.8 Å². The number of nitrogens with zero attached hydrogens (tertiary/aromatic N) is 3. The van der Waals surface area contributed by atoms with Crippen LogP contribution in [-0.2, 0) is 24.9 Å². The Balaban J connectivity index is 1.86. The third-order valence-corrected chi connectivity index (χ3v) is 3.11. The lowest BCUT2D eigenvalue weighted by Gasteiger charge is -2.08. The fraction of sp³-hybridized carbons (Fsp3) is 0.357. The molecule has 2 rings (SSSR count). The number of carbonyl (C=O) groups is 1. The van der Waals surface area contributed by atoms with E-state index >= 15 is 0 Å². The number of carboxylic acid groups (broad SMARTS) is 1. The summed E-state index contributed by atoms with van der Waals surface area (Å²) < 4.78 is 1.67. The number of aryl methyl sites for hydroxylation is 1. The maximum atomic E-state index is 10.9. The Kier molecular flexibility index (Phi) is 4.47. The van der Waals surface area contributed by atoms with Crippen LogP contribution >= 0.6 is 0 Å². The second kappa shape index (κ2) is 6.29. The molecule has 0 spiro atoms. The first-order valence-corrected chi connectivity index (χ1v) is 6.43. The lowest BCUT2D eigenvalue weighted by Crippen LogP contribution is -2.14. The van der Waals surface area contributed by atoms with Crippen LogP contribution in [0.25, 0.3) is 0 Å². The van der Waals surface area contributed by atoms with E-state index in [1.54, 1.807) is 17.9 Å². The largest absolute Gasteiger partial charge is 0.481 e. The molecule has 0 aliphatic carbocycles. The van der Waals surface area contributed by atoms with Gasteiger partial charge in [0.2, 0.25) is 0 Å². The van der Waals surface area contributed by atoms with Crippen LogP contribution in [0.3, 0.4) is 0 Å². The van der Waals surface area contributed by atoms with Gasteiger partial charge in [-0.1, -0.05) is 24.3 Å². The first kappa shape index (κ1) is 14.2. The number of carboxylic acids is 1. The molecule has 1 unspecified atom stereocenters. The van der Waals surface area contributed by atoms with Gasteiger partial charge in [0.15, 0.2) is 5.82 Å². The number of hydrogen-bond acceptors (Lipinski definition) is 4. The van der Waals surface area contributed by atoms with Crippen molar-refractivity contribution in [2.45, 2.75) is 25.9 Å². The molecule has 0 saturated carbocycles. The van der Waals surface area contributed by atoms with Gasteiger partial charge in [-0.3, -0.25) is 9.48 Å². The van der Waals surface area contributed by atoms with Crippen molar-refractivity contribution in [3.05, 3.63) is 47.5 Å². The zero-order chi connectivity index (χ0) is 14.5. The third-order valence-electron chi connectivity index (χ3n) is 3.11. The second-order valence-corrected chi connectivity index (χ2v) is 4.74. The van der Waals surface area contributed by atoms with Crippen molar-refractivity contribution >= 4 is 5.97 Å². The standard InChI is InChI=1S/C14H18N4O2/c1-10(14(19)20)12-5-3-11(4-6-12)7-15-8-13-16-9-18(2)17-13/h3-6,9-10,15H,7-8H2,1-2H3,(H,19,20). The van der Waals surface area contributed by atoms with Gasteiger partial charge in [-0.05, 0) is 18.1 Å². The van der Waals surface area contributed by atoms with Gasteiger partial charge in [-0.2, -0.15) is 5.10 Å². The van der Waals surface area contributed by atoms with E-state index in [0.717, 1.165) is 17.0 Å². The smallest absolute Gasteiger partial charge is 0.310 e. The predicted molar refractivity (Wildman–Crippen MR) is 74.0 cm³/mol. The van der Waals surface area contributed by atoms with Crippen molar-refractivity contribution < 1.29 is 9.90 Å². The predicted octanol–water partition coefficient (Wildman–Crippen LogP) is 1.29. The quantitative estimate of drug-likeness (QED) is 0.829. The van der Waals surface area contributed by atoms with E-state index in [1.165, 1.54) is 0 Å². The molecule has 2 N–H and O–H groups in total. The van der Waals surface area contributed by atoms with Gasteiger partial charge in [-0.15, -0.1) is 0 Å².